The summed E-state index contributed by atoms with van der Waals surface area (Å²) in [5.41, 5.74) is 7.18. The van der Waals surface area contributed by atoms with Crippen LogP contribution in [0.5, 0.6) is 0 Å². The van der Waals surface area contributed by atoms with Gasteiger partial charge in [-0.1, -0.05) is 24.3 Å². The summed E-state index contributed by atoms with van der Waals surface area (Å²) in [6, 6.07) is 7.96. The standard InChI is InChI=1S/C13H16N2O/c1-9(16-2)13(14)12-8-15-7-10-5-3-4-6-11(10)12/h3-9,13H,14H2,1-2H3. The van der Waals surface area contributed by atoms with E-state index in [-0.39, 0.29) is 12.1 Å². The van der Waals surface area contributed by atoms with Gasteiger partial charge in [0.1, 0.15) is 0 Å². The number of rotatable bonds is 3. The molecule has 3 nitrogen and oxygen atoms in total. The van der Waals surface area contributed by atoms with E-state index in [1.54, 1.807) is 7.11 Å². The molecule has 1 aromatic carbocycles. The van der Waals surface area contributed by atoms with E-state index in [9.17, 15) is 0 Å². The van der Waals surface area contributed by atoms with Crippen molar-refractivity contribution in [1.82, 2.24) is 4.98 Å². The smallest absolute Gasteiger partial charge is 0.0736 e. The van der Waals surface area contributed by atoms with Gasteiger partial charge in [0.2, 0.25) is 0 Å². The summed E-state index contributed by atoms with van der Waals surface area (Å²) in [7, 11) is 1.67. The fourth-order valence-electron chi connectivity index (χ4n) is 1.80. The summed E-state index contributed by atoms with van der Waals surface area (Å²) in [4.78, 5) is 4.22. The van der Waals surface area contributed by atoms with Crippen LogP contribution in [0.4, 0.5) is 0 Å². The number of pyridine rings is 1. The fraction of sp³-hybridized carbons (Fsp3) is 0.308. The van der Waals surface area contributed by atoms with E-state index >= 15 is 0 Å². The first-order valence-corrected chi connectivity index (χ1v) is 5.35. The summed E-state index contributed by atoms with van der Waals surface area (Å²) < 4.78 is 5.26. The highest BCUT2D eigenvalue weighted by Crippen LogP contribution is 2.24. The summed E-state index contributed by atoms with van der Waals surface area (Å²) in [5, 5.41) is 2.26. The minimum atomic E-state index is -0.149. The lowest BCUT2D eigenvalue weighted by atomic mass is 9.99. The molecule has 2 rings (SSSR count). The van der Waals surface area contributed by atoms with Crippen molar-refractivity contribution in [3.63, 3.8) is 0 Å². The zero-order valence-corrected chi connectivity index (χ0v) is 9.55. The van der Waals surface area contributed by atoms with E-state index in [0.29, 0.717) is 0 Å². The second kappa shape index (κ2) is 4.60. The molecular weight excluding hydrogens is 200 g/mol. The summed E-state index contributed by atoms with van der Waals surface area (Å²) in [5.74, 6) is 0. The molecule has 16 heavy (non-hydrogen) atoms. The molecule has 2 N–H and O–H groups in total. The minimum Gasteiger partial charge on any atom is -0.380 e. The Bertz CT molecular complexity index is 479. The highest BCUT2D eigenvalue weighted by Gasteiger charge is 2.16. The average Bonchev–Trinajstić information content (AvgIpc) is 2.36. The zero-order valence-electron chi connectivity index (χ0n) is 9.55. The molecule has 84 valence electrons. The minimum absolute atomic E-state index is 0.0207. The second-order valence-corrected chi connectivity index (χ2v) is 3.92. The molecule has 0 fully saturated rings. The van der Waals surface area contributed by atoms with Crippen molar-refractivity contribution in [3.05, 3.63) is 42.2 Å². The van der Waals surface area contributed by atoms with Gasteiger partial charge in [0.15, 0.2) is 0 Å². The number of ether oxygens (including phenoxy) is 1. The van der Waals surface area contributed by atoms with Crippen LogP contribution in [0.15, 0.2) is 36.7 Å². The Hall–Kier alpha value is -1.45. The molecular formula is C13H16N2O. The number of benzene rings is 1. The van der Waals surface area contributed by atoms with Crippen LogP contribution < -0.4 is 5.73 Å². The van der Waals surface area contributed by atoms with Crippen molar-refractivity contribution in [3.8, 4) is 0 Å². The molecule has 2 unspecified atom stereocenters. The number of hydrogen-bond acceptors (Lipinski definition) is 3. The highest BCUT2D eigenvalue weighted by atomic mass is 16.5. The van der Waals surface area contributed by atoms with Crippen molar-refractivity contribution in [2.75, 3.05) is 7.11 Å². The molecule has 1 aromatic heterocycles. The predicted octanol–water partition coefficient (Wildman–Crippen LogP) is 2.27. The third-order valence-electron chi connectivity index (χ3n) is 2.94. The molecule has 0 aliphatic carbocycles. The van der Waals surface area contributed by atoms with Crippen LogP contribution in [0.25, 0.3) is 10.8 Å². The van der Waals surface area contributed by atoms with Crippen molar-refractivity contribution in [2.24, 2.45) is 5.73 Å². The van der Waals surface area contributed by atoms with Crippen molar-refractivity contribution >= 4 is 10.8 Å². The van der Waals surface area contributed by atoms with E-state index in [4.69, 9.17) is 10.5 Å². The van der Waals surface area contributed by atoms with Crippen molar-refractivity contribution in [1.29, 1.82) is 0 Å². The van der Waals surface area contributed by atoms with Crippen LogP contribution >= 0.6 is 0 Å². The Kier molecular flexibility index (Phi) is 3.17. The van der Waals surface area contributed by atoms with Crippen LogP contribution in [0.2, 0.25) is 0 Å². The third-order valence-corrected chi connectivity index (χ3v) is 2.94. The summed E-state index contributed by atoms with van der Waals surface area (Å²) >= 11 is 0. The predicted molar refractivity (Wildman–Crippen MR) is 65.1 cm³/mol. The molecule has 2 atom stereocenters. The van der Waals surface area contributed by atoms with E-state index in [1.165, 1.54) is 0 Å². The van der Waals surface area contributed by atoms with Gasteiger partial charge in [0.25, 0.3) is 0 Å². The van der Waals surface area contributed by atoms with Gasteiger partial charge in [-0.25, -0.2) is 0 Å². The Morgan fingerprint density at radius 2 is 2.00 bits per heavy atom. The molecule has 1 heterocycles. The Balaban J connectivity index is 2.52. The van der Waals surface area contributed by atoms with E-state index in [2.05, 4.69) is 11.1 Å². The fourth-order valence-corrected chi connectivity index (χ4v) is 1.80. The maximum Gasteiger partial charge on any atom is 0.0736 e. The molecule has 0 amide bonds. The summed E-state index contributed by atoms with van der Waals surface area (Å²) in [6.45, 7) is 1.96. The van der Waals surface area contributed by atoms with Gasteiger partial charge < -0.3 is 10.5 Å². The number of nitrogens with two attached hydrogens (primary N) is 1. The highest BCUT2D eigenvalue weighted by molar-refractivity contribution is 5.85. The molecule has 0 bridgehead atoms. The van der Waals surface area contributed by atoms with Gasteiger partial charge in [0.05, 0.1) is 12.1 Å². The van der Waals surface area contributed by atoms with Crippen molar-refractivity contribution in [2.45, 2.75) is 19.1 Å². The van der Waals surface area contributed by atoms with Gasteiger partial charge >= 0.3 is 0 Å². The number of methoxy groups -OCH3 is 1. The lowest BCUT2D eigenvalue weighted by Gasteiger charge is -2.19. The number of nitrogens with zero attached hydrogens (tertiary/aromatic N) is 1. The Morgan fingerprint density at radius 3 is 2.75 bits per heavy atom. The van der Waals surface area contributed by atoms with Gasteiger partial charge in [-0.2, -0.15) is 0 Å². The SMILES string of the molecule is COC(C)C(N)c1cncc2ccccc12. The maximum atomic E-state index is 6.15. The van der Waals surface area contributed by atoms with Gasteiger partial charge in [-0.05, 0) is 17.9 Å². The van der Waals surface area contributed by atoms with Crippen LogP contribution in [0.3, 0.4) is 0 Å². The van der Waals surface area contributed by atoms with Gasteiger partial charge in [-0.3, -0.25) is 4.98 Å². The topological polar surface area (TPSA) is 48.1 Å². The number of aromatic nitrogens is 1. The third kappa shape index (κ3) is 1.92. The largest absolute Gasteiger partial charge is 0.380 e. The van der Waals surface area contributed by atoms with Crippen LogP contribution in [-0.2, 0) is 4.74 Å². The lowest BCUT2D eigenvalue weighted by molar-refractivity contribution is 0.0960. The van der Waals surface area contributed by atoms with E-state index in [0.717, 1.165) is 16.3 Å². The lowest BCUT2D eigenvalue weighted by Crippen LogP contribution is -2.25. The first kappa shape index (κ1) is 11.0. The zero-order chi connectivity index (χ0) is 11.5. The van der Waals surface area contributed by atoms with Gasteiger partial charge in [0, 0.05) is 24.9 Å². The monoisotopic (exact) mass is 216 g/mol. The van der Waals surface area contributed by atoms with E-state index in [1.807, 2.05) is 37.5 Å². The molecule has 0 saturated carbocycles. The molecule has 3 heteroatoms. The van der Waals surface area contributed by atoms with E-state index < -0.39 is 0 Å². The Morgan fingerprint density at radius 1 is 1.25 bits per heavy atom. The maximum absolute atomic E-state index is 6.15. The first-order chi connectivity index (χ1) is 7.74. The van der Waals surface area contributed by atoms with Crippen LogP contribution in [0, 0.1) is 0 Å². The molecule has 0 spiro atoms. The Labute approximate surface area is 95.2 Å². The molecule has 2 aromatic rings. The quantitative estimate of drug-likeness (QED) is 0.856. The second-order valence-electron chi connectivity index (χ2n) is 3.92. The normalized spacial score (nSPS) is 14.9. The first-order valence-electron chi connectivity index (χ1n) is 5.35. The molecule has 0 aliphatic rings. The molecule has 0 radical (unpaired) electrons. The number of fused-ring (bicyclic) bond motifs is 1. The molecule has 0 aliphatic heterocycles. The van der Waals surface area contributed by atoms with Crippen molar-refractivity contribution < 1.29 is 4.74 Å². The molecule has 0 saturated heterocycles. The van der Waals surface area contributed by atoms with Crippen LogP contribution in [0.1, 0.15) is 18.5 Å². The number of hydrogen-bond donors (Lipinski definition) is 1. The van der Waals surface area contributed by atoms with Gasteiger partial charge in [-0.15, -0.1) is 0 Å². The summed E-state index contributed by atoms with van der Waals surface area (Å²) in [6.07, 6.45) is 3.65. The van der Waals surface area contributed by atoms with Crippen LogP contribution in [-0.4, -0.2) is 18.2 Å². The average molecular weight is 216 g/mol.